The fourth-order valence-electron chi connectivity index (χ4n) is 2.61. The van der Waals surface area contributed by atoms with Crippen LogP contribution >= 0.6 is 0 Å². The quantitative estimate of drug-likeness (QED) is 0.872. The lowest BCUT2D eigenvalue weighted by Gasteiger charge is -2.25. The highest BCUT2D eigenvalue weighted by molar-refractivity contribution is 5.69. The van der Waals surface area contributed by atoms with Gasteiger partial charge in [0.25, 0.3) is 0 Å². The molecule has 1 aliphatic heterocycles. The third-order valence-corrected chi connectivity index (χ3v) is 3.74. The summed E-state index contributed by atoms with van der Waals surface area (Å²) in [6.45, 7) is 6.55. The third-order valence-electron chi connectivity index (χ3n) is 3.74. The molecule has 0 amide bonds. The molecule has 0 saturated heterocycles. The van der Waals surface area contributed by atoms with Crippen LogP contribution in [-0.2, 0) is 17.8 Å². The summed E-state index contributed by atoms with van der Waals surface area (Å²) in [4.78, 5) is 12.9. The number of fused-ring (bicyclic) bond motifs is 1. The van der Waals surface area contributed by atoms with E-state index in [0.29, 0.717) is 6.54 Å². The highest BCUT2D eigenvalue weighted by atomic mass is 16.5. The van der Waals surface area contributed by atoms with E-state index in [-0.39, 0.29) is 18.7 Å². The number of rotatable bonds is 6. The maximum atomic E-state index is 11.0. The fraction of sp³-hybridized carbons (Fsp3) is 0.562. The Hall–Kier alpha value is -1.75. The summed E-state index contributed by atoms with van der Waals surface area (Å²) in [5.74, 6) is 0.855. The molecular formula is C16H23NO4. The summed E-state index contributed by atoms with van der Waals surface area (Å²) in [7, 11) is 1.64. The Bertz CT molecular complexity index is 527. The van der Waals surface area contributed by atoms with Gasteiger partial charge in [0.1, 0.15) is 17.6 Å². The van der Waals surface area contributed by atoms with E-state index in [4.69, 9.17) is 14.6 Å². The van der Waals surface area contributed by atoms with Crippen molar-refractivity contribution in [2.75, 3.05) is 13.7 Å². The van der Waals surface area contributed by atoms with Crippen LogP contribution in [0.1, 0.15) is 31.9 Å². The van der Waals surface area contributed by atoms with Crippen molar-refractivity contribution in [2.24, 2.45) is 0 Å². The van der Waals surface area contributed by atoms with E-state index in [9.17, 15) is 4.79 Å². The molecule has 0 fully saturated rings. The van der Waals surface area contributed by atoms with Gasteiger partial charge >= 0.3 is 5.97 Å². The van der Waals surface area contributed by atoms with E-state index in [0.717, 1.165) is 29.0 Å². The van der Waals surface area contributed by atoms with Gasteiger partial charge in [0.15, 0.2) is 0 Å². The number of ether oxygens (including phenoxy) is 2. The first kappa shape index (κ1) is 15.6. The van der Waals surface area contributed by atoms with Gasteiger partial charge in [0, 0.05) is 30.1 Å². The molecule has 5 nitrogen and oxygen atoms in total. The topological polar surface area (TPSA) is 59.0 Å². The number of carboxylic acid groups (broad SMARTS) is 1. The van der Waals surface area contributed by atoms with Crippen LogP contribution in [-0.4, -0.2) is 41.8 Å². The Morgan fingerprint density at radius 2 is 2.24 bits per heavy atom. The second kappa shape index (κ2) is 6.35. The number of aliphatic carboxylic acids is 1. The molecule has 2 rings (SSSR count). The van der Waals surface area contributed by atoms with E-state index < -0.39 is 5.97 Å². The van der Waals surface area contributed by atoms with Gasteiger partial charge in [-0.2, -0.15) is 0 Å². The number of benzene rings is 1. The van der Waals surface area contributed by atoms with Crippen LogP contribution in [0.4, 0.5) is 0 Å². The maximum Gasteiger partial charge on any atom is 0.317 e. The Kier molecular flexibility index (Phi) is 4.73. The molecule has 5 heteroatoms. The molecule has 1 N–H and O–H groups in total. The standard InChI is InChI=1S/C16H23NO4/c1-10(2)17(9-16(18)19)8-13-7-15-12(5-11(3)21-15)6-14(13)20-4/h6-7,10-11H,5,8-9H2,1-4H3,(H,18,19). The molecule has 0 radical (unpaired) electrons. The molecule has 0 aromatic heterocycles. The lowest BCUT2D eigenvalue weighted by Crippen LogP contribution is -2.35. The lowest BCUT2D eigenvalue weighted by atomic mass is 10.1. The molecule has 1 atom stereocenters. The maximum absolute atomic E-state index is 11.0. The number of carbonyl (C=O) groups is 1. The van der Waals surface area contributed by atoms with Gasteiger partial charge in [0.05, 0.1) is 13.7 Å². The fourth-order valence-corrected chi connectivity index (χ4v) is 2.61. The molecule has 0 bridgehead atoms. The Morgan fingerprint density at radius 3 is 2.81 bits per heavy atom. The van der Waals surface area contributed by atoms with E-state index in [1.165, 1.54) is 0 Å². The van der Waals surface area contributed by atoms with E-state index in [2.05, 4.69) is 0 Å². The second-order valence-electron chi connectivity index (χ2n) is 5.80. The molecule has 1 aromatic rings. The first-order valence-corrected chi connectivity index (χ1v) is 7.23. The van der Waals surface area contributed by atoms with Gasteiger partial charge in [-0.3, -0.25) is 9.69 Å². The van der Waals surface area contributed by atoms with Gasteiger partial charge < -0.3 is 14.6 Å². The van der Waals surface area contributed by atoms with Crippen molar-refractivity contribution in [1.82, 2.24) is 4.90 Å². The average molecular weight is 293 g/mol. The molecular weight excluding hydrogens is 270 g/mol. The van der Waals surface area contributed by atoms with Crippen molar-refractivity contribution < 1.29 is 19.4 Å². The number of methoxy groups -OCH3 is 1. The van der Waals surface area contributed by atoms with Gasteiger partial charge in [-0.15, -0.1) is 0 Å². The predicted octanol–water partition coefficient (Wildman–Crippen LogP) is 2.31. The Labute approximate surface area is 125 Å². The van der Waals surface area contributed by atoms with Crippen molar-refractivity contribution >= 4 is 5.97 Å². The first-order valence-electron chi connectivity index (χ1n) is 7.23. The number of hydrogen-bond donors (Lipinski definition) is 1. The van der Waals surface area contributed by atoms with Crippen molar-refractivity contribution in [3.63, 3.8) is 0 Å². The lowest BCUT2D eigenvalue weighted by molar-refractivity contribution is -0.138. The minimum absolute atomic E-state index is 0.00909. The summed E-state index contributed by atoms with van der Waals surface area (Å²) >= 11 is 0. The van der Waals surface area contributed by atoms with Gasteiger partial charge in [-0.1, -0.05) is 0 Å². The Balaban J connectivity index is 2.26. The van der Waals surface area contributed by atoms with Crippen LogP contribution in [0, 0.1) is 0 Å². The highest BCUT2D eigenvalue weighted by Gasteiger charge is 2.23. The summed E-state index contributed by atoms with van der Waals surface area (Å²) in [5, 5.41) is 9.03. The Morgan fingerprint density at radius 1 is 1.52 bits per heavy atom. The number of hydrogen-bond acceptors (Lipinski definition) is 4. The minimum Gasteiger partial charge on any atom is -0.496 e. The zero-order valence-corrected chi connectivity index (χ0v) is 13.0. The monoisotopic (exact) mass is 293 g/mol. The van der Waals surface area contributed by atoms with Crippen molar-refractivity contribution in [3.8, 4) is 11.5 Å². The highest BCUT2D eigenvalue weighted by Crippen LogP contribution is 2.35. The summed E-state index contributed by atoms with van der Waals surface area (Å²) in [5.41, 5.74) is 2.11. The molecule has 116 valence electrons. The van der Waals surface area contributed by atoms with Crippen LogP contribution in [0.5, 0.6) is 11.5 Å². The predicted molar refractivity (Wildman–Crippen MR) is 80.0 cm³/mol. The largest absolute Gasteiger partial charge is 0.496 e. The molecule has 1 heterocycles. The van der Waals surface area contributed by atoms with Crippen molar-refractivity contribution in [3.05, 3.63) is 23.3 Å². The smallest absolute Gasteiger partial charge is 0.317 e. The number of carboxylic acids is 1. The van der Waals surface area contributed by atoms with Crippen molar-refractivity contribution in [1.29, 1.82) is 0 Å². The third kappa shape index (κ3) is 3.67. The zero-order chi connectivity index (χ0) is 15.6. The molecule has 0 aliphatic carbocycles. The normalized spacial score (nSPS) is 17.0. The second-order valence-corrected chi connectivity index (χ2v) is 5.80. The molecule has 1 unspecified atom stereocenters. The van der Waals surface area contributed by atoms with Crippen molar-refractivity contribution in [2.45, 2.75) is 45.9 Å². The van der Waals surface area contributed by atoms with Gasteiger partial charge in [-0.05, 0) is 32.9 Å². The SMILES string of the molecule is COc1cc2c(cc1CN(CC(=O)O)C(C)C)OC(C)C2. The van der Waals surface area contributed by atoms with Gasteiger partial charge in [-0.25, -0.2) is 0 Å². The number of nitrogens with zero attached hydrogens (tertiary/aromatic N) is 1. The molecule has 1 aromatic carbocycles. The van der Waals surface area contributed by atoms with Crippen LogP contribution in [0.2, 0.25) is 0 Å². The minimum atomic E-state index is -0.825. The molecule has 0 spiro atoms. The van der Waals surface area contributed by atoms with Crippen LogP contribution in [0.15, 0.2) is 12.1 Å². The first-order chi connectivity index (χ1) is 9.90. The summed E-state index contributed by atoms with van der Waals surface area (Å²) in [6.07, 6.45) is 1.06. The van der Waals surface area contributed by atoms with E-state index in [1.54, 1.807) is 7.11 Å². The van der Waals surface area contributed by atoms with E-state index in [1.807, 2.05) is 37.8 Å². The molecule has 0 saturated carbocycles. The summed E-state index contributed by atoms with van der Waals surface area (Å²) in [6, 6.07) is 4.13. The van der Waals surface area contributed by atoms with E-state index >= 15 is 0 Å². The van der Waals surface area contributed by atoms with Gasteiger partial charge in [0.2, 0.25) is 0 Å². The van der Waals surface area contributed by atoms with Crippen LogP contribution < -0.4 is 9.47 Å². The van der Waals surface area contributed by atoms with Crippen LogP contribution in [0.25, 0.3) is 0 Å². The average Bonchev–Trinajstić information content (AvgIpc) is 2.75. The van der Waals surface area contributed by atoms with Crippen LogP contribution in [0.3, 0.4) is 0 Å². The summed E-state index contributed by atoms with van der Waals surface area (Å²) < 4.78 is 11.2. The molecule has 21 heavy (non-hydrogen) atoms. The zero-order valence-electron chi connectivity index (χ0n) is 13.0. The molecule has 1 aliphatic rings.